The second kappa shape index (κ2) is 11.0. The minimum atomic E-state index is -3.95. The van der Waals surface area contributed by atoms with Crippen LogP contribution in [-0.2, 0) is 29.1 Å². The van der Waals surface area contributed by atoms with Gasteiger partial charge in [0.05, 0.1) is 28.1 Å². The summed E-state index contributed by atoms with van der Waals surface area (Å²) in [4.78, 5) is 38.4. The van der Waals surface area contributed by atoms with Gasteiger partial charge in [0, 0.05) is 13.1 Å². The number of esters is 2. The average molecular weight is 515 g/mol. The van der Waals surface area contributed by atoms with E-state index in [4.69, 9.17) is 21.1 Å². The lowest BCUT2D eigenvalue weighted by Gasteiger charge is -2.30. The number of piperidine rings is 1. The number of hydrogen-bond donors (Lipinski definition) is 1. The molecule has 0 atom stereocenters. The normalized spacial score (nSPS) is 14.5. The van der Waals surface area contributed by atoms with Crippen molar-refractivity contribution in [3.8, 4) is 0 Å². The molecule has 2 aromatic rings. The Morgan fingerprint density at radius 1 is 1.12 bits per heavy atom. The molecule has 12 heteroatoms. The highest BCUT2D eigenvalue weighted by atomic mass is 35.5. The summed E-state index contributed by atoms with van der Waals surface area (Å²) in [6.45, 7) is 2.28. The molecule has 1 aromatic heterocycles. The quantitative estimate of drug-likeness (QED) is 0.537. The Labute approximate surface area is 200 Å². The fourth-order valence-corrected chi connectivity index (χ4v) is 5.87. The number of sulfonamides is 1. The van der Waals surface area contributed by atoms with Gasteiger partial charge in [0.1, 0.15) is 4.21 Å². The number of carbonyl (C=O) groups excluding carboxylic acids is 3. The molecule has 1 aromatic carbocycles. The second-order valence-corrected chi connectivity index (χ2v) is 10.8. The fourth-order valence-electron chi connectivity index (χ4n) is 3.31. The molecule has 0 aliphatic carbocycles. The molecule has 1 N–H and O–H groups in total. The number of thiophene rings is 1. The van der Waals surface area contributed by atoms with Crippen LogP contribution in [0.1, 0.15) is 30.1 Å². The molecular formula is C21H23ClN2O7S2. The van der Waals surface area contributed by atoms with Gasteiger partial charge in [-0.1, -0.05) is 23.7 Å². The standard InChI is InChI=1S/C21H23ClN2O7S2/c1-2-30-20(26)14-9-11-24(12-10-14)18(25)13-31-21(27)15-5-3-4-6-16(15)23-33(28,29)19-8-7-17(22)32-19/h3-8,14,23H,2,9-13H2,1H3. The number of likely N-dealkylation sites (tertiary alicyclic amines) is 1. The summed E-state index contributed by atoms with van der Waals surface area (Å²) in [6, 6.07) is 8.76. The minimum Gasteiger partial charge on any atom is -0.466 e. The van der Waals surface area contributed by atoms with Gasteiger partial charge in [-0.05, 0) is 44.0 Å². The van der Waals surface area contributed by atoms with Crippen LogP contribution in [0, 0.1) is 5.92 Å². The van der Waals surface area contributed by atoms with Crippen LogP contribution in [0.5, 0.6) is 0 Å². The van der Waals surface area contributed by atoms with Gasteiger partial charge in [0.25, 0.3) is 15.9 Å². The Hall–Kier alpha value is -2.63. The molecule has 1 saturated heterocycles. The van der Waals surface area contributed by atoms with E-state index in [0.717, 1.165) is 11.3 Å². The molecule has 0 unspecified atom stereocenters. The number of para-hydroxylation sites is 1. The lowest BCUT2D eigenvalue weighted by molar-refractivity contribution is -0.151. The number of hydrogen-bond acceptors (Lipinski definition) is 8. The fraction of sp³-hybridized carbons (Fsp3) is 0.381. The highest BCUT2D eigenvalue weighted by molar-refractivity contribution is 7.94. The van der Waals surface area contributed by atoms with Crippen LogP contribution >= 0.6 is 22.9 Å². The molecule has 0 radical (unpaired) electrons. The van der Waals surface area contributed by atoms with E-state index in [-0.39, 0.29) is 27.3 Å². The van der Waals surface area contributed by atoms with Crippen LogP contribution in [-0.4, -0.2) is 57.5 Å². The van der Waals surface area contributed by atoms with Crippen molar-refractivity contribution in [3.63, 3.8) is 0 Å². The number of halogens is 1. The first-order valence-corrected chi connectivity index (χ1v) is 12.9. The maximum Gasteiger partial charge on any atom is 0.340 e. The Balaban J connectivity index is 1.58. The van der Waals surface area contributed by atoms with Gasteiger partial charge in [-0.3, -0.25) is 14.3 Å². The van der Waals surface area contributed by atoms with E-state index >= 15 is 0 Å². The average Bonchev–Trinajstić information content (AvgIpc) is 3.25. The lowest BCUT2D eigenvalue weighted by Crippen LogP contribution is -2.42. The van der Waals surface area contributed by atoms with Gasteiger partial charge >= 0.3 is 11.9 Å². The molecule has 0 spiro atoms. The maximum atomic E-state index is 12.6. The lowest BCUT2D eigenvalue weighted by atomic mass is 9.97. The third kappa shape index (κ3) is 6.46. The van der Waals surface area contributed by atoms with Crippen LogP contribution in [0.2, 0.25) is 4.34 Å². The van der Waals surface area contributed by atoms with Crippen molar-refractivity contribution in [2.24, 2.45) is 5.92 Å². The SMILES string of the molecule is CCOC(=O)C1CCN(C(=O)COC(=O)c2ccccc2NS(=O)(=O)c2ccc(Cl)s2)CC1. The number of rotatable bonds is 8. The van der Waals surface area contributed by atoms with Gasteiger partial charge in [-0.25, -0.2) is 13.2 Å². The number of anilines is 1. The third-order valence-electron chi connectivity index (χ3n) is 5.00. The van der Waals surface area contributed by atoms with E-state index in [1.807, 2.05) is 0 Å². The Morgan fingerprint density at radius 2 is 1.82 bits per heavy atom. The van der Waals surface area contributed by atoms with Crippen molar-refractivity contribution < 1.29 is 32.3 Å². The molecule has 9 nitrogen and oxygen atoms in total. The molecule has 1 amide bonds. The molecule has 1 aliphatic rings. The van der Waals surface area contributed by atoms with Crippen molar-refractivity contribution >= 4 is 56.5 Å². The number of carbonyl (C=O) groups is 3. The topological polar surface area (TPSA) is 119 Å². The van der Waals surface area contributed by atoms with Crippen LogP contribution in [0.4, 0.5) is 5.69 Å². The summed E-state index contributed by atoms with van der Waals surface area (Å²) in [5, 5.41) is 0. The van der Waals surface area contributed by atoms with Crippen LogP contribution in [0.3, 0.4) is 0 Å². The van der Waals surface area contributed by atoms with E-state index in [1.165, 1.54) is 29.2 Å². The number of ether oxygens (including phenoxy) is 2. The summed E-state index contributed by atoms with van der Waals surface area (Å²) < 4.78 is 38.0. The zero-order chi connectivity index (χ0) is 24.0. The number of nitrogens with zero attached hydrogens (tertiary/aromatic N) is 1. The summed E-state index contributed by atoms with van der Waals surface area (Å²) >= 11 is 6.70. The van der Waals surface area contributed by atoms with E-state index in [1.54, 1.807) is 19.1 Å². The Kier molecular flexibility index (Phi) is 8.33. The van der Waals surface area contributed by atoms with Gasteiger partial charge in [-0.2, -0.15) is 0 Å². The molecular weight excluding hydrogens is 492 g/mol. The molecule has 0 bridgehead atoms. The van der Waals surface area contributed by atoms with Gasteiger partial charge in [0.2, 0.25) is 0 Å². The number of benzene rings is 1. The van der Waals surface area contributed by atoms with Gasteiger partial charge in [-0.15, -0.1) is 11.3 Å². The van der Waals surface area contributed by atoms with E-state index in [9.17, 15) is 22.8 Å². The predicted molar refractivity (Wildman–Crippen MR) is 123 cm³/mol. The first kappa shape index (κ1) is 25.0. The molecule has 33 heavy (non-hydrogen) atoms. The van der Waals surface area contributed by atoms with Crippen molar-refractivity contribution in [1.29, 1.82) is 0 Å². The molecule has 1 fully saturated rings. The Bertz CT molecular complexity index is 1130. The highest BCUT2D eigenvalue weighted by Gasteiger charge is 2.29. The highest BCUT2D eigenvalue weighted by Crippen LogP contribution is 2.28. The van der Waals surface area contributed by atoms with Crippen molar-refractivity contribution in [2.45, 2.75) is 24.0 Å². The van der Waals surface area contributed by atoms with Crippen molar-refractivity contribution in [3.05, 3.63) is 46.3 Å². The van der Waals surface area contributed by atoms with E-state index in [0.29, 0.717) is 36.9 Å². The molecule has 2 heterocycles. The van der Waals surface area contributed by atoms with Crippen LogP contribution in [0.25, 0.3) is 0 Å². The van der Waals surface area contributed by atoms with Gasteiger partial charge in [0.15, 0.2) is 6.61 Å². The van der Waals surface area contributed by atoms with Crippen molar-refractivity contribution in [2.75, 3.05) is 31.0 Å². The summed E-state index contributed by atoms with van der Waals surface area (Å²) in [6.07, 6.45) is 0.964. The smallest absolute Gasteiger partial charge is 0.340 e. The van der Waals surface area contributed by atoms with Crippen molar-refractivity contribution in [1.82, 2.24) is 4.90 Å². The third-order valence-corrected chi connectivity index (χ3v) is 8.09. The zero-order valence-electron chi connectivity index (χ0n) is 17.8. The van der Waals surface area contributed by atoms with E-state index < -0.39 is 28.5 Å². The molecule has 178 valence electrons. The van der Waals surface area contributed by atoms with Gasteiger partial charge < -0.3 is 14.4 Å². The number of amides is 1. The largest absolute Gasteiger partial charge is 0.466 e. The first-order valence-electron chi connectivity index (χ1n) is 10.2. The molecule has 1 aliphatic heterocycles. The summed E-state index contributed by atoms with van der Waals surface area (Å²) in [7, 11) is -3.95. The van der Waals surface area contributed by atoms with Crippen LogP contribution in [0.15, 0.2) is 40.6 Å². The van der Waals surface area contributed by atoms with E-state index in [2.05, 4.69) is 4.72 Å². The second-order valence-electron chi connectivity index (χ2n) is 7.19. The predicted octanol–water partition coefficient (Wildman–Crippen LogP) is 3.16. The molecule has 3 rings (SSSR count). The molecule has 0 saturated carbocycles. The monoisotopic (exact) mass is 514 g/mol. The summed E-state index contributed by atoms with van der Waals surface area (Å²) in [5.74, 6) is -1.74. The minimum absolute atomic E-state index is 0.00271. The number of nitrogens with one attached hydrogen (secondary N) is 1. The van der Waals surface area contributed by atoms with Crippen LogP contribution < -0.4 is 4.72 Å². The zero-order valence-corrected chi connectivity index (χ0v) is 20.2. The Morgan fingerprint density at radius 3 is 2.45 bits per heavy atom. The summed E-state index contributed by atoms with van der Waals surface area (Å²) in [5.41, 5.74) is -0.00716. The maximum absolute atomic E-state index is 12.6. The first-order chi connectivity index (χ1) is 15.7.